The van der Waals surface area contributed by atoms with Crippen molar-refractivity contribution in [3.8, 4) is 11.4 Å². The number of H-pyrrole nitrogens is 1. The van der Waals surface area contributed by atoms with Gasteiger partial charge in [0, 0.05) is 18.9 Å². The van der Waals surface area contributed by atoms with Crippen molar-refractivity contribution in [2.45, 2.75) is 20.5 Å². The molecule has 0 unspecified atom stereocenters. The van der Waals surface area contributed by atoms with Gasteiger partial charge >= 0.3 is 5.97 Å². The molecule has 1 N–H and O–H groups in total. The van der Waals surface area contributed by atoms with Crippen molar-refractivity contribution in [2.24, 2.45) is 0 Å². The van der Waals surface area contributed by atoms with E-state index >= 15 is 0 Å². The standard InChI is InChI=1S/C14H17N3O3/c1-4-20-14(18)11-9(2)16-17-13(11)12-10(8-19-3)6-5-7-15-12/h5-7H,4,8H2,1-3H3,(H,16,17). The van der Waals surface area contributed by atoms with E-state index in [0.717, 1.165) is 5.56 Å². The first-order valence-electron chi connectivity index (χ1n) is 6.34. The average Bonchev–Trinajstić information content (AvgIpc) is 2.82. The highest BCUT2D eigenvalue weighted by molar-refractivity contribution is 5.97. The number of rotatable bonds is 5. The largest absolute Gasteiger partial charge is 0.462 e. The Bertz CT molecular complexity index is 607. The first-order valence-corrected chi connectivity index (χ1v) is 6.34. The van der Waals surface area contributed by atoms with Crippen LogP contribution in [-0.2, 0) is 16.1 Å². The van der Waals surface area contributed by atoms with E-state index in [1.807, 2.05) is 12.1 Å². The molecule has 2 heterocycles. The molecule has 0 atom stereocenters. The average molecular weight is 275 g/mol. The zero-order valence-electron chi connectivity index (χ0n) is 11.8. The van der Waals surface area contributed by atoms with E-state index in [-0.39, 0.29) is 0 Å². The van der Waals surface area contributed by atoms with Crippen LogP contribution in [0.2, 0.25) is 0 Å². The number of esters is 1. The second-order valence-electron chi connectivity index (χ2n) is 4.22. The summed E-state index contributed by atoms with van der Waals surface area (Å²) in [6.45, 7) is 4.24. The van der Waals surface area contributed by atoms with Gasteiger partial charge in [0.1, 0.15) is 5.56 Å². The van der Waals surface area contributed by atoms with E-state index in [2.05, 4.69) is 15.2 Å². The smallest absolute Gasteiger partial charge is 0.342 e. The highest BCUT2D eigenvalue weighted by Crippen LogP contribution is 2.26. The minimum absolute atomic E-state index is 0.316. The Balaban J connectivity index is 2.51. The molecule has 2 rings (SSSR count). The molecule has 0 radical (unpaired) electrons. The van der Waals surface area contributed by atoms with Crippen molar-refractivity contribution >= 4 is 5.97 Å². The maximum Gasteiger partial charge on any atom is 0.342 e. The summed E-state index contributed by atoms with van der Waals surface area (Å²) in [5.74, 6) is -0.400. The fraction of sp³-hybridized carbons (Fsp3) is 0.357. The number of nitrogens with one attached hydrogen (secondary N) is 1. The van der Waals surface area contributed by atoms with Crippen molar-refractivity contribution in [3.63, 3.8) is 0 Å². The van der Waals surface area contributed by atoms with Gasteiger partial charge in [0.2, 0.25) is 0 Å². The van der Waals surface area contributed by atoms with Gasteiger partial charge in [-0.15, -0.1) is 0 Å². The normalized spacial score (nSPS) is 10.6. The molecule has 0 aliphatic rings. The van der Waals surface area contributed by atoms with Crippen LogP contribution >= 0.6 is 0 Å². The van der Waals surface area contributed by atoms with Crippen LogP contribution < -0.4 is 0 Å². The summed E-state index contributed by atoms with van der Waals surface area (Å²) in [4.78, 5) is 16.4. The minimum Gasteiger partial charge on any atom is -0.462 e. The summed E-state index contributed by atoms with van der Waals surface area (Å²) in [7, 11) is 1.61. The molecule has 20 heavy (non-hydrogen) atoms. The number of ether oxygens (including phenoxy) is 2. The molecule has 6 nitrogen and oxygen atoms in total. The lowest BCUT2D eigenvalue weighted by atomic mass is 10.1. The molecule has 2 aromatic rings. The third-order valence-corrected chi connectivity index (χ3v) is 2.85. The number of hydrogen-bond acceptors (Lipinski definition) is 5. The molecule has 0 fully saturated rings. The number of carbonyl (C=O) groups is 1. The zero-order valence-corrected chi connectivity index (χ0v) is 11.8. The number of pyridine rings is 1. The fourth-order valence-electron chi connectivity index (χ4n) is 1.99. The molecule has 0 aliphatic heterocycles. The van der Waals surface area contributed by atoms with Crippen LogP contribution in [0.15, 0.2) is 18.3 Å². The van der Waals surface area contributed by atoms with E-state index in [1.54, 1.807) is 27.2 Å². The maximum absolute atomic E-state index is 12.0. The van der Waals surface area contributed by atoms with Crippen LogP contribution in [-0.4, -0.2) is 34.9 Å². The monoisotopic (exact) mass is 275 g/mol. The van der Waals surface area contributed by atoms with Crippen LogP contribution in [0.5, 0.6) is 0 Å². The Labute approximate surface area is 117 Å². The molecule has 0 amide bonds. The predicted octanol–water partition coefficient (Wildman–Crippen LogP) is 2.10. The van der Waals surface area contributed by atoms with Crippen LogP contribution in [0.3, 0.4) is 0 Å². The van der Waals surface area contributed by atoms with Gasteiger partial charge in [-0.1, -0.05) is 6.07 Å². The first-order chi connectivity index (χ1) is 9.69. The number of aromatic nitrogens is 3. The predicted molar refractivity (Wildman–Crippen MR) is 73.2 cm³/mol. The molecule has 106 valence electrons. The topological polar surface area (TPSA) is 77.1 Å². The van der Waals surface area contributed by atoms with E-state index in [0.29, 0.717) is 35.9 Å². The van der Waals surface area contributed by atoms with E-state index in [1.165, 1.54) is 0 Å². The van der Waals surface area contributed by atoms with Crippen LogP contribution in [0.25, 0.3) is 11.4 Å². The van der Waals surface area contributed by atoms with Crippen molar-refractivity contribution in [1.82, 2.24) is 15.2 Å². The summed E-state index contributed by atoms with van der Waals surface area (Å²) >= 11 is 0. The third kappa shape index (κ3) is 2.70. The summed E-state index contributed by atoms with van der Waals surface area (Å²) < 4.78 is 10.2. The Morgan fingerprint density at radius 3 is 2.95 bits per heavy atom. The molecule has 0 spiro atoms. The fourth-order valence-corrected chi connectivity index (χ4v) is 1.99. The van der Waals surface area contributed by atoms with Gasteiger partial charge in [-0.2, -0.15) is 5.10 Å². The maximum atomic E-state index is 12.0. The lowest BCUT2D eigenvalue weighted by Gasteiger charge is -2.08. The molecular formula is C14H17N3O3. The van der Waals surface area contributed by atoms with Crippen LogP contribution in [0, 0.1) is 6.92 Å². The highest BCUT2D eigenvalue weighted by Gasteiger charge is 2.22. The lowest BCUT2D eigenvalue weighted by molar-refractivity contribution is 0.0526. The van der Waals surface area contributed by atoms with Gasteiger partial charge in [-0.3, -0.25) is 10.1 Å². The van der Waals surface area contributed by atoms with Crippen LogP contribution in [0.4, 0.5) is 0 Å². The van der Waals surface area contributed by atoms with Crippen molar-refractivity contribution < 1.29 is 14.3 Å². The lowest BCUT2D eigenvalue weighted by Crippen LogP contribution is -2.08. The minimum atomic E-state index is -0.400. The molecule has 0 aliphatic carbocycles. The molecule has 0 saturated heterocycles. The molecule has 0 aromatic carbocycles. The van der Waals surface area contributed by atoms with Gasteiger partial charge in [-0.25, -0.2) is 4.79 Å². The van der Waals surface area contributed by atoms with Gasteiger partial charge in [0.15, 0.2) is 0 Å². The molecule has 2 aromatic heterocycles. The van der Waals surface area contributed by atoms with E-state index in [4.69, 9.17) is 9.47 Å². The van der Waals surface area contributed by atoms with Gasteiger partial charge in [0.25, 0.3) is 0 Å². The van der Waals surface area contributed by atoms with Crippen molar-refractivity contribution in [2.75, 3.05) is 13.7 Å². The molecule has 0 bridgehead atoms. The van der Waals surface area contributed by atoms with Gasteiger partial charge in [0.05, 0.1) is 30.3 Å². The van der Waals surface area contributed by atoms with Gasteiger partial charge in [-0.05, 0) is 19.9 Å². The summed E-state index contributed by atoms with van der Waals surface area (Å²) in [5.41, 5.74) is 3.10. The summed E-state index contributed by atoms with van der Waals surface area (Å²) in [6, 6.07) is 3.72. The number of carbonyl (C=O) groups excluding carboxylic acids is 1. The number of nitrogens with zero attached hydrogens (tertiary/aromatic N) is 2. The Hall–Kier alpha value is -2.21. The second kappa shape index (κ2) is 6.29. The molecule has 6 heteroatoms. The molecule has 0 saturated carbocycles. The molecular weight excluding hydrogens is 258 g/mol. The zero-order chi connectivity index (χ0) is 14.5. The summed E-state index contributed by atoms with van der Waals surface area (Å²) in [5, 5.41) is 6.95. The Morgan fingerprint density at radius 2 is 2.25 bits per heavy atom. The van der Waals surface area contributed by atoms with Crippen LogP contribution in [0.1, 0.15) is 28.5 Å². The van der Waals surface area contributed by atoms with E-state index < -0.39 is 5.97 Å². The van der Waals surface area contributed by atoms with Crippen molar-refractivity contribution in [3.05, 3.63) is 35.2 Å². The highest BCUT2D eigenvalue weighted by atomic mass is 16.5. The third-order valence-electron chi connectivity index (χ3n) is 2.85. The van der Waals surface area contributed by atoms with Gasteiger partial charge < -0.3 is 9.47 Å². The Kier molecular flexibility index (Phi) is 4.47. The quantitative estimate of drug-likeness (QED) is 0.845. The second-order valence-corrected chi connectivity index (χ2v) is 4.22. The number of methoxy groups -OCH3 is 1. The van der Waals surface area contributed by atoms with Crippen molar-refractivity contribution in [1.29, 1.82) is 0 Å². The number of hydrogen-bond donors (Lipinski definition) is 1. The number of aromatic amines is 1. The Morgan fingerprint density at radius 1 is 1.45 bits per heavy atom. The number of aryl methyl sites for hydroxylation is 1. The SMILES string of the molecule is CCOC(=O)c1c(C)n[nH]c1-c1ncccc1COC. The summed E-state index contributed by atoms with van der Waals surface area (Å²) in [6.07, 6.45) is 1.67. The first kappa shape index (κ1) is 14.2. The van der Waals surface area contributed by atoms with E-state index in [9.17, 15) is 4.79 Å².